The Morgan fingerprint density at radius 2 is 1.82 bits per heavy atom. The predicted molar refractivity (Wildman–Crippen MR) is 112 cm³/mol. The standard InChI is InChI=1S/C21H31ClN4O2/c22-18-14-17(20-16(19(18)23)6-13-28-20)21(27)24-15-4-9-26(10-5-15)12-11-25-7-2-1-3-8-25/h14-15H,1-13,23H2,(H,24,27). The number of nitrogens with two attached hydrogens (primary N) is 1. The summed E-state index contributed by atoms with van der Waals surface area (Å²) in [7, 11) is 0. The van der Waals surface area contributed by atoms with E-state index in [0.29, 0.717) is 35.1 Å². The van der Waals surface area contributed by atoms with Gasteiger partial charge in [-0.1, -0.05) is 18.0 Å². The van der Waals surface area contributed by atoms with Gasteiger partial charge in [0.2, 0.25) is 0 Å². The Balaban J connectivity index is 1.28. The van der Waals surface area contributed by atoms with Crippen molar-refractivity contribution in [1.82, 2.24) is 15.1 Å². The minimum atomic E-state index is -0.105. The van der Waals surface area contributed by atoms with Gasteiger partial charge in [-0.2, -0.15) is 0 Å². The van der Waals surface area contributed by atoms with Gasteiger partial charge in [0.05, 0.1) is 22.9 Å². The van der Waals surface area contributed by atoms with Crippen LogP contribution in [0.15, 0.2) is 6.07 Å². The van der Waals surface area contributed by atoms with E-state index in [9.17, 15) is 4.79 Å². The molecule has 3 N–H and O–H groups in total. The molecule has 2 saturated heterocycles. The van der Waals surface area contributed by atoms with E-state index in [1.54, 1.807) is 6.07 Å². The number of anilines is 1. The highest BCUT2D eigenvalue weighted by Crippen LogP contribution is 2.38. The molecule has 1 aromatic rings. The Hall–Kier alpha value is -1.50. The van der Waals surface area contributed by atoms with E-state index in [-0.39, 0.29) is 11.9 Å². The largest absolute Gasteiger partial charge is 0.492 e. The summed E-state index contributed by atoms with van der Waals surface area (Å²) in [5.41, 5.74) is 7.95. The number of carbonyl (C=O) groups is 1. The van der Waals surface area contributed by atoms with E-state index < -0.39 is 0 Å². The second kappa shape index (κ2) is 8.89. The van der Waals surface area contributed by atoms with Crippen molar-refractivity contribution in [3.05, 3.63) is 22.2 Å². The summed E-state index contributed by atoms with van der Waals surface area (Å²) in [5.74, 6) is 0.505. The van der Waals surface area contributed by atoms with Crippen LogP contribution in [0.4, 0.5) is 5.69 Å². The number of nitrogen functional groups attached to an aromatic ring is 1. The topological polar surface area (TPSA) is 70.8 Å². The zero-order valence-electron chi connectivity index (χ0n) is 16.5. The summed E-state index contributed by atoms with van der Waals surface area (Å²) in [5, 5.41) is 3.61. The lowest BCUT2D eigenvalue weighted by atomic mass is 10.0. The van der Waals surface area contributed by atoms with Crippen LogP contribution >= 0.6 is 11.6 Å². The van der Waals surface area contributed by atoms with Crippen molar-refractivity contribution >= 4 is 23.2 Å². The van der Waals surface area contributed by atoms with Gasteiger partial charge < -0.3 is 25.6 Å². The van der Waals surface area contributed by atoms with Gasteiger partial charge in [-0.15, -0.1) is 0 Å². The van der Waals surface area contributed by atoms with Gasteiger partial charge >= 0.3 is 0 Å². The Morgan fingerprint density at radius 3 is 2.54 bits per heavy atom. The molecule has 2 fully saturated rings. The fourth-order valence-corrected chi connectivity index (χ4v) is 4.79. The van der Waals surface area contributed by atoms with Gasteiger partial charge in [0, 0.05) is 44.2 Å². The van der Waals surface area contributed by atoms with Crippen molar-refractivity contribution in [2.75, 3.05) is 51.6 Å². The van der Waals surface area contributed by atoms with Gasteiger partial charge in [0.25, 0.3) is 5.91 Å². The summed E-state index contributed by atoms with van der Waals surface area (Å²) in [4.78, 5) is 18.0. The highest BCUT2D eigenvalue weighted by atomic mass is 35.5. The van der Waals surface area contributed by atoms with E-state index in [2.05, 4.69) is 15.1 Å². The number of fused-ring (bicyclic) bond motifs is 1. The molecule has 0 atom stereocenters. The van der Waals surface area contributed by atoms with Gasteiger partial charge in [0.15, 0.2) is 0 Å². The molecular formula is C21H31ClN4O2. The average Bonchev–Trinajstić information content (AvgIpc) is 3.21. The molecule has 154 valence electrons. The van der Waals surface area contributed by atoms with Crippen LogP contribution < -0.4 is 15.8 Å². The van der Waals surface area contributed by atoms with E-state index >= 15 is 0 Å². The number of benzene rings is 1. The molecule has 0 bridgehead atoms. The van der Waals surface area contributed by atoms with E-state index in [4.69, 9.17) is 22.1 Å². The number of nitrogens with zero attached hydrogens (tertiary/aromatic N) is 2. The Morgan fingerprint density at radius 1 is 1.14 bits per heavy atom. The summed E-state index contributed by atoms with van der Waals surface area (Å²) in [6.07, 6.45) is 6.74. The van der Waals surface area contributed by atoms with E-state index in [0.717, 1.165) is 38.0 Å². The molecule has 0 saturated carbocycles. The van der Waals surface area contributed by atoms with Crippen LogP contribution in [0.2, 0.25) is 5.02 Å². The van der Waals surface area contributed by atoms with Crippen LogP contribution in [0, 0.1) is 0 Å². The summed E-state index contributed by atoms with van der Waals surface area (Å²) in [6.45, 7) is 7.44. The lowest BCUT2D eigenvalue weighted by Crippen LogP contribution is -2.46. The minimum absolute atomic E-state index is 0.105. The molecule has 0 spiro atoms. The molecule has 7 heteroatoms. The van der Waals surface area contributed by atoms with Crippen molar-refractivity contribution in [1.29, 1.82) is 0 Å². The van der Waals surface area contributed by atoms with Crippen molar-refractivity contribution < 1.29 is 9.53 Å². The zero-order chi connectivity index (χ0) is 19.5. The summed E-state index contributed by atoms with van der Waals surface area (Å²) in [6, 6.07) is 1.84. The normalized spacial score (nSPS) is 21.3. The molecule has 1 amide bonds. The number of piperidine rings is 2. The SMILES string of the molecule is Nc1c(Cl)cc(C(=O)NC2CCN(CCN3CCCCC3)CC2)c2c1CCO2. The number of nitrogens with one attached hydrogen (secondary N) is 1. The van der Waals surface area contributed by atoms with Crippen molar-refractivity contribution in [3.63, 3.8) is 0 Å². The first-order valence-electron chi connectivity index (χ1n) is 10.6. The molecule has 0 unspecified atom stereocenters. The minimum Gasteiger partial charge on any atom is -0.492 e. The zero-order valence-corrected chi connectivity index (χ0v) is 17.3. The van der Waals surface area contributed by atoms with Crippen LogP contribution in [0.5, 0.6) is 5.75 Å². The molecule has 1 aromatic carbocycles. The van der Waals surface area contributed by atoms with E-state index in [1.165, 1.54) is 38.9 Å². The van der Waals surface area contributed by atoms with Crippen LogP contribution in [-0.2, 0) is 6.42 Å². The Kier molecular flexibility index (Phi) is 6.28. The molecule has 28 heavy (non-hydrogen) atoms. The molecule has 3 aliphatic rings. The van der Waals surface area contributed by atoms with Crippen LogP contribution in [0.3, 0.4) is 0 Å². The van der Waals surface area contributed by atoms with Crippen molar-refractivity contribution in [2.24, 2.45) is 0 Å². The summed E-state index contributed by atoms with van der Waals surface area (Å²) < 4.78 is 5.67. The third-order valence-electron chi connectivity index (χ3n) is 6.32. The molecule has 3 heterocycles. The maximum Gasteiger partial charge on any atom is 0.255 e. The number of ether oxygens (including phenoxy) is 1. The number of carbonyl (C=O) groups excluding carboxylic acids is 1. The number of halogens is 1. The van der Waals surface area contributed by atoms with Crippen LogP contribution in [-0.4, -0.2) is 67.6 Å². The lowest BCUT2D eigenvalue weighted by molar-refractivity contribution is 0.0902. The van der Waals surface area contributed by atoms with Crippen molar-refractivity contribution in [2.45, 2.75) is 44.6 Å². The average molecular weight is 407 g/mol. The number of likely N-dealkylation sites (tertiary alicyclic amines) is 2. The van der Waals surface area contributed by atoms with Gasteiger partial charge in [0.1, 0.15) is 5.75 Å². The first-order valence-corrected chi connectivity index (χ1v) is 11.0. The highest BCUT2D eigenvalue weighted by molar-refractivity contribution is 6.33. The number of hydrogen-bond donors (Lipinski definition) is 2. The van der Waals surface area contributed by atoms with Gasteiger partial charge in [-0.05, 0) is 44.8 Å². The lowest BCUT2D eigenvalue weighted by Gasteiger charge is -2.34. The second-order valence-electron chi connectivity index (χ2n) is 8.22. The molecule has 4 rings (SSSR count). The van der Waals surface area contributed by atoms with Gasteiger partial charge in [-0.3, -0.25) is 4.79 Å². The number of amides is 1. The molecule has 0 radical (unpaired) electrons. The van der Waals surface area contributed by atoms with E-state index in [1.807, 2.05) is 0 Å². The molecule has 0 aliphatic carbocycles. The molecule has 0 aromatic heterocycles. The van der Waals surface area contributed by atoms with Crippen molar-refractivity contribution in [3.8, 4) is 5.75 Å². The quantitative estimate of drug-likeness (QED) is 0.735. The fraction of sp³-hybridized carbons (Fsp3) is 0.667. The highest BCUT2D eigenvalue weighted by Gasteiger charge is 2.27. The summed E-state index contributed by atoms with van der Waals surface area (Å²) >= 11 is 6.23. The molecule has 6 nitrogen and oxygen atoms in total. The molecular weight excluding hydrogens is 376 g/mol. The monoisotopic (exact) mass is 406 g/mol. The Bertz CT molecular complexity index is 713. The molecule has 3 aliphatic heterocycles. The number of hydrogen-bond acceptors (Lipinski definition) is 5. The predicted octanol–water partition coefficient (Wildman–Crippen LogP) is 2.54. The van der Waals surface area contributed by atoms with Crippen LogP contribution in [0.1, 0.15) is 48.0 Å². The first-order chi connectivity index (χ1) is 13.6. The Labute approximate surface area is 172 Å². The maximum atomic E-state index is 12.8. The number of rotatable bonds is 5. The van der Waals surface area contributed by atoms with Crippen LogP contribution in [0.25, 0.3) is 0 Å². The first kappa shape index (κ1) is 19.8. The second-order valence-corrected chi connectivity index (χ2v) is 8.62. The third kappa shape index (κ3) is 4.39. The van der Waals surface area contributed by atoms with Gasteiger partial charge in [-0.25, -0.2) is 0 Å². The fourth-order valence-electron chi connectivity index (χ4n) is 4.57. The third-order valence-corrected chi connectivity index (χ3v) is 6.63. The smallest absolute Gasteiger partial charge is 0.255 e. The maximum absolute atomic E-state index is 12.8.